The van der Waals surface area contributed by atoms with Crippen LogP contribution in [0, 0.1) is 0 Å². The molecule has 0 atom stereocenters. The zero-order chi connectivity index (χ0) is 67.0. The number of nitrogens with one attached hydrogen (secondary N) is 12. The molecule has 0 aromatic rings. The summed E-state index contributed by atoms with van der Waals surface area (Å²) in [7, 11) is 3.65. The first kappa shape index (κ1) is 88.8. The maximum Gasteiger partial charge on any atom is 0.500 e. The second kappa shape index (κ2) is 51.0. The summed E-state index contributed by atoms with van der Waals surface area (Å²) in [5.41, 5.74) is 0. The second-order valence-electron chi connectivity index (χ2n) is 20.4. The minimum Gasteiger partial charge on any atom is -0.377 e. The van der Waals surface area contributed by atoms with E-state index in [0.717, 1.165) is 38.5 Å². The van der Waals surface area contributed by atoms with Crippen LogP contribution in [-0.4, -0.2) is 299 Å². The molecule has 12 N–H and O–H groups in total. The Morgan fingerprint density at radius 2 is 0.311 bits per heavy atom. The zero-order valence-corrected chi connectivity index (χ0v) is 66.9. The molecule has 0 aromatic carbocycles. The van der Waals surface area contributed by atoms with Crippen LogP contribution < -0.4 is 62.4 Å². The molecule has 0 saturated carbocycles. The topological polar surface area (TPSA) is 348 Å². The molecular weight excluding hydrogens is 1340 g/mol. The van der Waals surface area contributed by atoms with Gasteiger partial charge >= 0.3 is 52.8 Å². The molecule has 0 unspecified atom stereocenters. The van der Waals surface area contributed by atoms with E-state index in [4.69, 9.17) is 93.2 Å². The van der Waals surface area contributed by atoms with Gasteiger partial charge in [0, 0.05) is 243 Å². The highest BCUT2D eigenvalue weighted by Crippen LogP contribution is 2.70. The van der Waals surface area contributed by atoms with Crippen molar-refractivity contribution in [1.29, 1.82) is 0 Å². The van der Waals surface area contributed by atoms with Crippen molar-refractivity contribution in [3.05, 3.63) is 0 Å². The highest BCUT2D eigenvalue weighted by Gasteiger charge is 2.42. The predicted octanol–water partition coefficient (Wildman–Crippen LogP) is 2.52. The molecule has 90 heavy (non-hydrogen) atoms. The van der Waals surface area contributed by atoms with Gasteiger partial charge in [-0.2, -0.15) is 13.5 Å². The average Bonchev–Trinajstić information content (AvgIpc) is 0.966. The van der Waals surface area contributed by atoms with E-state index in [2.05, 4.69) is 62.4 Å². The first-order chi connectivity index (χ1) is 43.5. The lowest BCUT2D eigenvalue weighted by molar-refractivity contribution is 0.122. The minimum absolute atomic E-state index is 0.529. The SMILES string of the molecule is CO[Si](CCCNCCNP1(NCCNCCC[Si](OC)(OC)OC)=NP(NCCNCCC[Si](OC)(OC)OC)(NCCNCCC[Si](OC)(OC)OC)=NP(NCCNCCC[Si](OC)(OC)OC)(NCCNCCC[Si](OC)(OC)OC)=N1)(OC)OC. The van der Waals surface area contributed by atoms with E-state index >= 15 is 0 Å². The van der Waals surface area contributed by atoms with E-state index in [1.807, 2.05) is 0 Å². The van der Waals surface area contributed by atoms with Gasteiger partial charge in [0.25, 0.3) is 0 Å². The van der Waals surface area contributed by atoms with Gasteiger partial charge in [0.2, 0.25) is 22.5 Å². The van der Waals surface area contributed by atoms with Crippen molar-refractivity contribution in [1.82, 2.24) is 62.4 Å². The van der Waals surface area contributed by atoms with Crippen LogP contribution in [0.15, 0.2) is 13.5 Å². The van der Waals surface area contributed by atoms with Gasteiger partial charge in [-0.1, -0.05) is 0 Å². The standard InChI is InChI=1S/C48H126N15O18P3Si6/c1-64-85(65-2,66-3)43-19-25-49-31-37-55-82(56-38-32-50-26-20-44-86(67-4,68-5)69-6)61-83(57-39-33-51-27-21-45-87(70-7,71-8)72-9,58-40-34-52-28-22-46-88(73-10,74-11)75-12)63-84(62-82,59-41-35-53-29-23-47-89(76-13,77-14)78-15)60-42-36-54-30-24-48-90(79-16,80-17)81-18/h49-60H,19-48H2,1-18H3. The van der Waals surface area contributed by atoms with E-state index in [1.165, 1.54) is 0 Å². The molecule has 1 heterocycles. The van der Waals surface area contributed by atoms with E-state index in [-0.39, 0.29) is 0 Å². The van der Waals surface area contributed by atoms with Gasteiger partial charge in [0.05, 0.1) is 0 Å². The molecule has 540 valence electrons. The molecule has 0 radical (unpaired) electrons. The third-order valence-corrected chi connectivity index (χ3v) is 42.4. The molecular formula is C48H126N15O18P3Si6. The third kappa shape index (κ3) is 32.6. The Morgan fingerprint density at radius 3 is 0.422 bits per heavy atom. The largest absolute Gasteiger partial charge is 0.500 e. The number of rotatable bonds is 66. The van der Waals surface area contributed by atoms with Gasteiger partial charge in [0.15, 0.2) is 0 Å². The molecule has 0 amide bonds. The Balaban J connectivity index is 4.11. The fraction of sp³-hybridized carbons (Fsp3) is 1.00. The first-order valence-corrected chi connectivity index (χ1v) is 47.7. The zero-order valence-electron chi connectivity index (χ0n) is 58.2. The van der Waals surface area contributed by atoms with Crippen molar-refractivity contribution in [2.75, 3.05) is 246 Å². The molecule has 1 aliphatic rings. The summed E-state index contributed by atoms with van der Waals surface area (Å²) in [6.45, 7) is 11.2. The van der Waals surface area contributed by atoms with Crippen molar-refractivity contribution in [2.45, 2.75) is 74.8 Å². The van der Waals surface area contributed by atoms with Gasteiger partial charge in [-0.15, -0.1) is 0 Å². The van der Waals surface area contributed by atoms with E-state index in [0.29, 0.717) is 154 Å². The van der Waals surface area contributed by atoms with Gasteiger partial charge in [-0.05, 0) is 77.8 Å². The average molecular weight is 1460 g/mol. The molecule has 0 bridgehead atoms. The summed E-state index contributed by atoms with van der Waals surface area (Å²) in [6, 6.07) is 4.00. The van der Waals surface area contributed by atoms with Crippen LogP contribution in [0.3, 0.4) is 0 Å². The lowest BCUT2D eigenvalue weighted by atomic mass is 10.5. The van der Waals surface area contributed by atoms with Gasteiger partial charge in [-0.25, -0.2) is 0 Å². The summed E-state index contributed by atoms with van der Waals surface area (Å²) in [5, 5.41) is 45.5. The molecule has 1 rings (SSSR count). The Labute approximate surface area is 549 Å². The fourth-order valence-corrected chi connectivity index (χ4v) is 31.8. The van der Waals surface area contributed by atoms with Crippen LogP contribution in [0.2, 0.25) is 36.3 Å². The van der Waals surface area contributed by atoms with E-state index in [9.17, 15) is 0 Å². The molecule has 0 fully saturated rings. The summed E-state index contributed by atoms with van der Waals surface area (Å²) in [5.74, 6) is 0. The molecule has 42 heteroatoms. The molecule has 33 nitrogen and oxygen atoms in total. The third-order valence-electron chi connectivity index (χ3n) is 15.2. The monoisotopic (exact) mass is 1460 g/mol. The summed E-state index contributed by atoms with van der Waals surface area (Å²) in [6.07, 6.45) is 4.76. The maximum absolute atomic E-state index is 5.88. The second-order valence-corrected chi connectivity index (χ2v) is 46.6. The Morgan fingerprint density at radius 1 is 0.189 bits per heavy atom. The fourth-order valence-electron chi connectivity index (χ4n) is 9.63. The van der Waals surface area contributed by atoms with Crippen LogP contribution in [0.1, 0.15) is 38.5 Å². The molecule has 0 aliphatic carbocycles. The van der Waals surface area contributed by atoms with Crippen LogP contribution in [0.5, 0.6) is 0 Å². The van der Waals surface area contributed by atoms with E-state index in [1.54, 1.807) is 128 Å². The summed E-state index contributed by atoms with van der Waals surface area (Å²) >= 11 is 0. The van der Waals surface area contributed by atoms with Crippen molar-refractivity contribution < 1.29 is 79.7 Å². The lowest BCUT2D eigenvalue weighted by Gasteiger charge is -2.38. The van der Waals surface area contributed by atoms with Crippen LogP contribution in [0.25, 0.3) is 0 Å². The van der Waals surface area contributed by atoms with Crippen molar-refractivity contribution in [2.24, 2.45) is 13.5 Å². The smallest absolute Gasteiger partial charge is 0.377 e. The molecule has 0 spiro atoms. The van der Waals surface area contributed by atoms with Crippen LogP contribution in [0.4, 0.5) is 0 Å². The number of nitrogens with zero attached hydrogens (tertiary/aromatic N) is 3. The first-order valence-electron chi connectivity index (χ1n) is 31.0. The Hall–Kier alpha value is 0.791. The quantitative estimate of drug-likeness (QED) is 0.0236. The molecule has 1 aliphatic heterocycles. The van der Waals surface area contributed by atoms with Gasteiger partial charge in [-0.3, -0.25) is 30.5 Å². The van der Waals surface area contributed by atoms with Crippen LogP contribution >= 0.6 is 22.5 Å². The van der Waals surface area contributed by atoms with E-state index < -0.39 is 75.3 Å². The predicted molar refractivity (Wildman–Crippen MR) is 371 cm³/mol. The lowest BCUT2D eigenvalue weighted by Crippen LogP contribution is -2.43. The summed E-state index contributed by atoms with van der Waals surface area (Å²) in [4.78, 5) is 0. The van der Waals surface area contributed by atoms with Crippen molar-refractivity contribution in [3.63, 3.8) is 0 Å². The van der Waals surface area contributed by atoms with Gasteiger partial charge < -0.3 is 112 Å². The highest BCUT2D eigenvalue weighted by atomic mass is 31.3. The minimum atomic E-state index is -3.12. The van der Waals surface area contributed by atoms with Crippen molar-refractivity contribution >= 4 is 75.3 Å². The van der Waals surface area contributed by atoms with Crippen molar-refractivity contribution in [3.8, 4) is 0 Å². The number of hydrogen-bond donors (Lipinski definition) is 12. The van der Waals surface area contributed by atoms with Crippen LogP contribution in [-0.2, 0) is 79.7 Å². The normalized spacial score (nSPS) is 15.5. The van der Waals surface area contributed by atoms with Gasteiger partial charge in [0.1, 0.15) is 0 Å². The highest BCUT2D eigenvalue weighted by molar-refractivity contribution is 7.83. The molecule has 0 aromatic heterocycles. The molecule has 0 saturated heterocycles. The Bertz CT molecular complexity index is 1570. The maximum atomic E-state index is 5.88. The Kier molecular flexibility index (Phi) is 50.3. The number of hydrogen-bond acceptors (Lipinski definition) is 33. The summed E-state index contributed by atoms with van der Waals surface area (Å²) < 4.78 is 121.